The summed E-state index contributed by atoms with van der Waals surface area (Å²) in [5, 5.41) is 2.94. The third-order valence-electron chi connectivity index (χ3n) is 6.46. The zero-order valence-corrected chi connectivity index (χ0v) is 25.7. The second-order valence-corrected chi connectivity index (χ2v) is 12.9. The minimum absolute atomic E-state index is 0.105. The number of sulfonamides is 1. The van der Waals surface area contributed by atoms with Crippen LogP contribution in [0.5, 0.6) is 11.5 Å². The van der Waals surface area contributed by atoms with E-state index in [9.17, 15) is 18.0 Å². The van der Waals surface area contributed by atoms with Gasteiger partial charge in [-0.15, -0.1) is 0 Å². The molecule has 9 nitrogen and oxygen atoms in total. The highest BCUT2D eigenvalue weighted by atomic mass is 79.9. The average Bonchev–Trinajstić information content (AvgIpc) is 2.93. The normalized spacial score (nSPS) is 13.4. The number of carbonyl (C=O) groups excluding carboxylic acids is 2. The Hall–Kier alpha value is -3.57. The molecule has 1 aliphatic rings. The maximum Gasteiger partial charge on any atom is 0.244 e. The third kappa shape index (κ3) is 8.23. The molecule has 0 aromatic heterocycles. The summed E-state index contributed by atoms with van der Waals surface area (Å²) in [7, 11) is -3.89. The third-order valence-corrected chi connectivity index (χ3v) is 8.13. The zero-order valence-electron chi connectivity index (χ0n) is 23.2. The molecule has 1 atom stereocenters. The molecule has 1 heterocycles. The van der Waals surface area contributed by atoms with Gasteiger partial charge >= 0.3 is 0 Å². The summed E-state index contributed by atoms with van der Waals surface area (Å²) >= 11 is 3.43. The topological polar surface area (TPSA) is 105 Å². The minimum Gasteiger partial charge on any atom is -0.486 e. The predicted octanol–water partition coefficient (Wildman–Crippen LogP) is 4.15. The van der Waals surface area contributed by atoms with Gasteiger partial charge in [0.1, 0.15) is 25.8 Å². The molecule has 3 aromatic rings. The van der Waals surface area contributed by atoms with Gasteiger partial charge in [0.15, 0.2) is 11.5 Å². The summed E-state index contributed by atoms with van der Waals surface area (Å²) in [6, 6.07) is 20.6. The number of amides is 2. The van der Waals surface area contributed by atoms with Crippen LogP contribution in [0.15, 0.2) is 77.3 Å². The first-order valence-electron chi connectivity index (χ1n) is 13.3. The van der Waals surface area contributed by atoms with Gasteiger partial charge in [-0.2, -0.15) is 0 Å². The van der Waals surface area contributed by atoms with Crippen molar-refractivity contribution in [1.29, 1.82) is 0 Å². The number of fused-ring (bicyclic) bond motifs is 1. The van der Waals surface area contributed by atoms with Gasteiger partial charge in [0, 0.05) is 29.5 Å². The van der Waals surface area contributed by atoms with E-state index >= 15 is 0 Å². The number of carbonyl (C=O) groups is 2. The second kappa shape index (κ2) is 13.4. The standard InChI is InChI=1S/C30H34BrN3O6S/c1-21(2)32-30(36)26(17-22-7-5-4-6-8-22)33(19-23-9-11-24(31)12-10-23)29(35)20-34(41(3,37)38)25-13-14-27-28(18-25)40-16-15-39-27/h4-14,18,21,26H,15-17,19-20H2,1-3H3,(H,32,36)/t26-/m0/s1. The first-order valence-corrected chi connectivity index (χ1v) is 15.9. The lowest BCUT2D eigenvalue weighted by molar-refractivity contribution is -0.140. The van der Waals surface area contributed by atoms with E-state index < -0.39 is 28.5 Å². The van der Waals surface area contributed by atoms with E-state index in [1.165, 1.54) is 4.90 Å². The fourth-order valence-corrected chi connectivity index (χ4v) is 5.63. The van der Waals surface area contributed by atoms with Gasteiger partial charge < -0.3 is 19.7 Å². The number of nitrogens with one attached hydrogen (secondary N) is 1. The van der Waals surface area contributed by atoms with Crippen LogP contribution in [0.25, 0.3) is 0 Å². The summed E-state index contributed by atoms with van der Waals surface area (Å²) in [5.74, 6) is 0.0670. The Morgan fingerprint density at radius 3 is 2.22 bits per heavy atom. The lowest BCUT2D eigenvalue weighted by atomic mass is 10.0. The lowest BCUT2D eigenvalue weighted by Gasteiger charge is -2.34. The van der Waals surface area contributed by atoms with Crippen molar-refractivity contribution in [2.24, 2.45) is 0 Å². The SMILES string of the molecule is CC(C)NC(=O)[C@H](Cc1ccccc1)N(Cc1ccc(Br)cc1)C(=O)CN(c1ccc2c(c1)OCCO2)S(C)(=O)=O. The van der Waals surface area contributed by atoms with Crippen LogP contribution in [0.4, 0.5) is 5.69 Å². The van der Waals surface area contributed by atoms with E-state index in [-0.39, 0.29) is 30.6 Å². The number of benzene rings is 3. The van der Waals surface area contributed by atoms with Crippen LogP contribution < -0.4 is 19.1 Å². The minimum atomic E-state index is -3.89. The van der Waals surface area contributed by atoms with Crippen molar-refractivity contribution in [3.63, 3.8) is 0 Å². The van der Waals surface area contributed by atoms with Crippen LogP contribution in [-0.2, 0) is 32.6 Å². The number of nitrogens with zero attached hydrogens (tertiary/aromatic N) is 2. The first kappa shape index (κ1) is 30.4. The quantitative estimate of drug-likeness (QED) is 0.337. The summed E-state index contributed by atoms with van der Waals surface area (Å²) in [4.78, 5) is 29.2. The molecule has 3 aromatic carbocycles. The summed E-state index contributed by atoms with van der Waals surface area (Å²) in [6.07, 6.45) is 1.30. The number of ether oxygens (including phenoxy) is 2. The van der Waals surface area contributed by atoms with Gasteiger partial charge in [-0.1, -0.05) is 58.4 Å². The molecule has 4 rings (SSSR count). The molecule has 0 radical (unpaired) electrons. The Labute approximate surface area is 249 Å². The molecule has 41 heavy (non-hydrogen) atoms. The summed E-state index contributed by atoms with van der Waals surface area (Å²) in [5.41, 5.74) is 1.93. The van der Waals surface area contributed by atoms with Crippen molar-refractivity contribution in [3.8, 4) is 11.5 Å². The van der Waals surface area contributed by atoms with Crippen LogP contribution in [0.3, 0.4) is 0 Å². The van der Waals surface area contributed by atoms with E-state index in [2.05, 4.69) is 21.2 Å². The van der Waals surface area contributed by atoms with Crippen LogP contribution in [-0.4, -0.2) is 63.2 Å². The smallest absolute Gasteiger partial charge is 0.244 e. The van der Waals surface area contributed by atoms with E-state index in [4.69, 9.17) is 9.47 Å². The molecule has 0 aliphatic carbocycles. The monoisotopic (exact) mass is 643 g/mol. The van der Waals surface area contributed by atoms with Crippen molar-refractivity contribution in [1.82, 2.24) is 10.2 Å². The van der Waals surface area contributed by atoms with Gasteiger partial charge in [-0.25, -0.2) is 8.42 Å². The molecular weight excluding hydrogens is 610 g/mol. The van der Waals surface area contributed by atoms with E-state index in [1.807, 2.05) is 68.4 Å². The Kier molecular flexibility index (Phi) is 9.93. The van der Waals surface area contributed by atoms with Gasteiger partial charge in [-0.3, -0.25) is 13.9 Å². The molecule has 0 saturated heterocycles. The van der Waals surface area contributed by atoms with Crippen molar-refractivity contribution in [3.05, 3.63) is 88.4 Å². The predicted molar refractivity (Wildman–Crippen MR) is 162 cm³/mol. The molecule has 218 valence electrons. The second-order valence-electron chi connectivity index (χ2n) is 10.1. The van der Waals surface area contributed by atoms with Crippen molar-refractivity contribution in [2.75, 3.05) is 30.3 Å². The maximum atomic E-state index is 14.1. The highest BCUT2D eigenvalue weighted by molar-refractivity contribution is 9.10. The highest BCUT2D eigenvalue weighted by Gasteiger charge is 2.33. The number of hydrogen-bond acceptors (Lipinski definition) is 6. The molecule has 0 bridgehead atoms. The van der Waals surface area contributed by atoms with E-state index in [1.54, 1.807) is 18.2 Å². The first-order chi connectivity index (χ1) is 19.5. The van der Waals surface area contributed by atoms with Gasteiger partial charge in [0.05, 0.1) is 11.9 Å². The number of anilines is 1. The molecule has 1 aliphatic heterocycles. The molecular formula is C30H34BrN3O6S. The zero-order chi connectivity index (χ0) is 29.6. The van der Waals surface area contributed by atoms with Crippen LogP contribution >= 0.6 is 15.9 Å². The molecule has 0 fully saturated rings. The Balaban J connectivity index is 1.72. The van der Waals surface area contributed by atoms with Crippen molar-refractivity contribution in [2.45, 2.75) is 38.9 Å². The van der Waals surface area contributed by atoms with Gasteiger partial charge in [-0.05, 0) is 49.2 Å². The molecule has 2 amide bonds. The van der Waals surface area contributed by atoms with Crippen molar-refractivity contribution >= 4 is 43.5 Å². The van der Waals surface area contributed by atoms with Gasteiger partial charge in [0.2, 0.25) is 21.8 Å². The average molecular weight is 645 g/mol. The number of rotatable bonds is 11. The highest BCUT2D eigenvalue weighted by Crippen LogP contribution is 2.34. The van der Waals surface area contributed by atoms with Crippen LogP contribution in [0.1, 0.15) is 25.0 Å². The Bertz CT molecular complexity index is 1470. The summed E-state index contributed by atoms with van der Waals surface area (Å²) in [6.45, 7) is 4.04. The molecule has 1 N–H and O–H groups in total. The molecule has 0 unspecified atom stereocenters. The number of halogens is 1. The van der Waals surface area contributed by atoms with E-state index in [0.717, 1.165) is 26.2 Å². The lowest BCUT2D eigenvalue weighted by Crippen LogP contribution is -2.54. The molecule has 0 spiro atoms. The fourth-order valence-electron chi connectivity index (χ4n) is 4.52. The van der Waals surface area contributed by atoms with Crippen LogP contribution in [0, 0.1) is 0 Å². The van der Waals surface area contributed by atoms with Crippen LogP contribution in [0.2, 0.25) is 0 Å². The Morgan fingerprint density at radius 1 is 0.927 bits per heavy atom. The van der Waals surface area contributed by atoms with Gasteiger partial charge in [0.25, 0.3) is 0 Å². The van der Waals surface area contributed by atoms with Crippen molar-refractivity contribution < 1.29 is 27.5 Å². The van der Waals surface area contributed by atoms with E-state index in [0.29, 0.717) is 24.7 Å². The molecule has 0 saturated carbocycles. The molecule has 11 heteroatoms. The number of hydrogen-bond donors (Lipinski definition) is 1. The maximum absolute atomic E-state index is 14.1. The fraction of sp³-hybridized carbons (Fsp3) is 0.333. The Morgan fingerprint density at radius 2 is 1.59 bits per heavy atom. The summed E-state index contributed by atoms with van der Waals surface area (Å²) < 4.78 is 39.1. The largest absolute Gasteiger partial charge is 0.486 e.